The number of rotatable bonds is 11. The van der Waals surface area contributed by atoms with Gasteiger partial charge in [0, 0.05) is 56.3 Å². The predicted octanol–water partition coefficient (Wildman–Crippen LogP) is 6.02. The van der Waals surface area contributed by atoms with Gasteiger partial charge in [-0.3, -0.25) is 4.90 Å². The molecule has 2 aliphatic heterocycles. The number of para-hydroxylation sites is 1. The summed E-state index contributed by atoms with van der Waals surface area (Å²) < 4.78 is 36.5. The Labute approximate surface area is 255 Å². The first-order chi connectivity index (χ1) is 21.0. The highest BCUT2D eigenvalue weighted by Crippen LogP contribution is 2.34. The largest absolute Gasteiger partial charge is 0.497 e. The van der Waals surface area contributed by atoms with Gasteiger partial charge in [-0.1, -0.05) is 30.8 Å². The minimum absolute atomic E-state index is 0.184. The number of benzene rings is 3. The molecule has 1 saturated heterocycles. The zero-order valence-corrected chi connectivity index (χ0v) is 25.2. The molecular weight excluding hydrogens is 567 g/mol. The fourth-order valence-electron chi connectivity index (χ4n) is 5.48. The van der Waals surface area contributed by atoms with E-state index in [0.29, 0.717) is 25.3 Å². The highest BCUT2D eigenvalue weighted by molar-refractivity contribution is 7.09. The summed E-state index contributed by atoms with van der Waals surface area (Å²) in [7, 11) is 3.33. The number of fused-ring (bicyclic) bond motifs is 1. The van der Waals surface area contributed by atoms with Crippen LogP contribution in [-0.2, 0) is 19.6 Å². The van der Waals surface area contributed by atoms with Crippen LogP contribution in [0.5, 0.6) is 23.0 Å². The van der Waals surface area contributed by atoms with E-state index < -0.39 is 0 Å². The number of hydrogen-bond acceptors (Lipinski definition) is 9. The van der Waals surface area contributed by atoms with Gasteiger partial charge >= 0.3 is 0 Å². The number of methoxy groups -OCH3 is 2. The van der Waals surface area contributed by atoms with E-state index in [4.69, 9.17) is 23.9 Å². The maximum absolute atomic E-state index is 14.3. The van der Waals surface area contributed by atoms with Crippen LogP contribution in [-0.4, -0.2) is 62.0 Å². The van der Waals surface area contributed by atoms with Crippen LogP contribution in [0.3, 0.4) is 0 Å². The molecule has 8 nitrogen and oxygen atoms in total. The van der Waals surface area contributed by atoms with E-state index in [1.165, 1.54) is 6.07 Å². The first kappa shape index (κ1) is 28.8. The normalized spacial score (nSPS) is 14.3. The number of nitrogens with zero attached hydrogens (tertiary/aromatic N) is 4. The molecule has 10 heteroatoms. The minimum Gasteiger partial charge on any atom is -0.497 e. The van der Waals surface area contributed by atoms with Crippen molar-refractivity contribution in [2.24, 2.45) is 0 Å². The molecule has 0 aliphatic carbocycles. The standard InChI is InChI=1S/C33H35FN4O4S/c1-23(37-12-14-38(15-13-37)29-7-5-4-6-27(29)34)28-21-43-33(35-28)20-36(18-24-8-11-30-32(16-24)42-22-41-30)19-25-9-10-26(39-2)17-31(25)40-3/h4-11,16-17,21H,1,12-15,18-20,22H2,2-3H3. The Kier molecular flexibility index (Phi) is 8.67. The molecule has 3 heterocycles. The molecule has 0 spiro atoms. The zero-order chi connectivity index (χ0) is 29.8. The predicted molar refractivity (Wildman–Crippen MR) is 166 cm³/mol. The van der Waals surface area contributed by atoms with Crippen molar-refractivity contribution in [1.82, 2.24) is 14.8 Å². The van der Waals surface area contributed by atoms with Gasteiger partial charge in [-0.15, -0.1) is 11.3 Å². The number of thiazole rings is 1. The van der Waals surface area contributed by atoms with Gasteiger partial charge < -0.3 is 28.7 Å². The maximum Gasteiger partial charge on any atom is 0.231 e. The lowest BCUT2D eigenvalue weighted by atomic mass is 10.1. The van der Waals surface area contributed by atoms with Crippen LogP contribution in [0.4, 0.5) is 10.1 Å². The summed E-state index contributed by atoms with van der Waals surface area (Å²) in [5.74, 6) is 2.88. The highest BCUT2D eigenvalue weighted by atomic mass is 32.1. The molecule has 2 aliphatic rings. The van der Waals surface area contributed by atoms with E-state index in [1.54, 1.807) is 31.6 Å². The van der Waals surface area contributed by atoms with E-state index in [2.05, 4.69) is 32.7 Å². The van der Waals surface area contributed by atoms with E-state index in [-0.39, 0.29) is 12.6 Å². The van der Waals surface area contributed by atoms with Crippen molar-refractivity contribution in [3.63, 3.8) is 0 Å². The molecule has 0 saturated carbocycles. The summed E-state index contributed by atoms with van der Waals surface area (Å²) in [5.41, 5.74) is 4.60. The first-order valence-corrected chi connectivity index (χ1v) is 15.1. The van der Waals surface area contributed by atoms with Crippen molar-refractivity contribution < 1.29 is 23.3 Å². The Bertz CT molecular complexity index is 1590. The molecule has 1 fully saturated rings. The van der Waals surface area contributed by atoms with E-state index in [9.17, 15) is 4.39 Å². The quantitative estimate of drug-likeness (QED) is 0.207. The summed E-state index contributed by atoms with van der Waals surface area (Å²) in [5, 5.41) is 3.07. The number of piperazine rings is 1. The van der Waals surface area contributed by atoms with Gasteiger partial charge in [-0.2, -0.15) is 0 Å². The molecular formula is C33H35FN4O4S. The summed E-state index contributed by atoms with van der Waals surface area (Å²) in [4.78, 5) is 11.7. The Morgan fingerprint density at radius 3 is 2.56 bits per heavy atom. The molecule has 4 aromatic rings. The average Bonchev–Trinajstić information content (AvgIpc) is 3.71. The molecule has 0 atom stereocenters. The number of anilines is 1. The summed E-state index contributed by atoms with van der Waals surface area (Å²) in [6.07, 6.45) is 0. The van der Waals surface area contributed by atoms with Crippen LogP contribution >= 0.6 is 11.3 Å². The number of ether oxygens (including phenoxy) is 4. The monoisotopic (exact) mass is 602 g/mol. The van der Waals surface area contributed by atoms with E-state index >= 15 is 0 Å². The second-order valence-corrected chi connectivity index (χ2v) is 11.5. The smallest absolute Gasteiger partial charge is 0.231 e. The Morgan fingerprint density at radius 1 is 0.953 bits per heavy atom. The second-order valence-electron chi connectivity index (χ2n) is 10.5. The second kappa shape index (κ2) is 12.9. The van der Waals surface area contributed by atoms with Gasteiger partial charge in [0.05, 0.1) is 37.8 Å². The van der Waals surface area contributed by atoms with Crippen LogP contribution in [0.1, 0.15) is 21.8 Å². The Balaban J connectivity index is 1.16. The fourth-order valence-corrected chi connectivity index (χ4v) is 6.33. The molecule has 0 amide bonds. The molecule has 3 aromatic carbocycles. The van der Waals surface area contributed by atoms with Crippen molar-refractivity contribution in [2.75, 3.05) is 52.1 Å². The van der Waals surface area contributed by atoms with Crippen LogP contribution in [0.25, 0.3) is 5.70 Å². The first-order valence-electron chi connectivity index (χ1n) is 14.2. The minimum atomic E-state index is -0.184. The summed E-state index contributed by atoms with van der Waals surface area (Å²) in [6.45, 7) is 9.56. The van der Waals surface area contributed by atoms with E-state index in [0.717, 1.165) is 76.7 Å². The lowest BCUT2D eigenvalue weighted by Gasteiger charge is -2.37. The third-order valence-corrected chi connectivity index (χ3v) is 8.63. The van der Waals surface area contributed by atoms with Gasteiger partial charge in [0.15, 0.2) is 11.5 Å². The highest BCUT2D eigenvalue weighted by Gasteiger charge is 2.23. The van der Waals surface area contributed by atoms with Gasteiger partial charge in [-0.25, -0.2) is 9.37 Å². The SMILES string of the molecule is C=C(c1csc(CN(Cc2ccc3c(c2)OCO3)Cc2ccc(OC)cc2OC)n1)N1CCN(c2ccccc2F)CC1. The van der Waals surface area contributed by atoms with Crippen molar-refractivity contribution in [3.05, 3.63) is 100 Å². The van der Waals surface area contributed by atoms with Crippen LogP contribution < -0.4 is 23.8 Å². The fraction of sp³-hybridized carbons (Fsp3) is 0.303. The van der Waals surface area contributed by atoms with Crippen molar-refractivity contribution in [2.45, 2.75) is 19.6 Å². The van der Waals surface area contributed by atoms with Gasteiger partial charge in [0.2, 0.25) is 6.79 Å². The Hall–Kier alpha value is -4.28. The molecule has 6 rings (SSSR count). The van der Waals surface area contributed by atoms with Gasteiger partial charge in [0.1, 0.15) is 22.3 Å². The van der Waals surface area contributed by atoms with Gasteiger partial charge in [0.25, 0.3) is 0 Å². The number of aromatic nitrogens is 1. The van der Waals surface area contributed by atoms with Crippen LogP contribution in [0.2, 0.25) is 0 Å². The average molecular weight is 603 g/mol. The zero-order valence-electron chi connectivity index (χ0n) is 24.4. The van der Waals surface area contributed by atoms with Gasteiger partial charge in [-0.05, 0) is 35.9 Å². The third kappa shape index (κ3) is 6.55. The van der Waals surface area contributed by atoms with Crippen molar-refractivity contribution >= 4 is 22.7 Å². The Morgan fingerprint density at radius 2 is 1.77 bits per heavy atom. The molecule has 1 aromatic heterocycles. The van der Waals surface area contributed by atoms with Crippen LogP contribution in [0.15, 0.2) is 72.6 Å². The maximum atomic E-state index is 14.3. The topological polar surface area (TPSA) is 59.5 Å². The molecule has 0 radical (unpaired) electrons. The lowest BCUT2D eigenvalue weighted by Crippen LogP contribution is -2.45. The molecule has 43 heavy (non-hydrogen) atoms. The number of halogens is 1. The molecule has 0 bridgehead atoms. The summed E-state index contributed by atoms with van der Waals surface area (Å²) in [6, 6.07) is 18.9. The van der Waals surface area contributed by atoms with E-state index in [1.807, 2.05) is 42.5 Å². The van der Waals surface area contributed by atoms with Crippen molar-refractivity contribution in [1.29, 1.82) is 0 Å². The third-order valence-electron chi connectivity index (χ3n) is 7.79. The lowest BCUT2D eigenvalue weighted by molar-refractivity contribution is 0.174. The number of hydrogen-bond donors (Lipinski definition) is 0. The molecule has 224 valence electrons. The molecule has 0 unspecified atom stereocenters. The molecule has 0 N–H and O–H groups in total. The van der Waals surface area contributed by atoms with Crippen LogP contribution in [0, 0.1) is 5.82 Å². The summed E-state index contributed by atoms with van der Waals surface area (Å²) >= 11 is 1.63. The van der Waals surface area contributed by atoms with Crippen molar-refractivity contribution in [3.8, 4) is 23.0 Å².